The predicted octanol–water partition coefficient (Wildman–Crippen LogP) is 11.6. The van der Waals surface area contributed by atoms with Crippen LogP contribution in [0.5, 0.6) is 0 Å². The Balaban J connectivity index is 0.000000520. The zero-order valence-electron chi connectivity index (χ0n) is 28.6. The van der Waals surface area contributed by atoms with Crippen LogP contribution >= 0.6 is 0 Å². The lowest BCUT2D eigenvalue weighted by atomic mass is 9.92. The van der Waals surface area contributed by atoms with E-state index in [0.29, 0.717) is 11.4 Å². The van der Waals surface area contributed by atoms with E-state index >= 15 is 0 Å². The van der Waals surface area contributed by atoms with Crippen LogP contribution in [0.15, 0.2) is 176 Å². The van der Waals surface area contributed by atoms with Crippen molar-refractivity contribution in [2.24, 2.45) is 10.7 Å². The lowest BCUT2D eigenvalue weighted by Crippen LogP contribution is -2.16. The topological polar surface area (TPSA) is 67.2 Å². The van der Waals surface area contributed by atoms with Crippen molar-refractivity contribution in [2.75, 3.05) is 0 Å². The van der Waals surface area contributed by atoms with Crippen molar-refractivity contribution < 1.29 is 0 Å². The van der Waals surface area contributed by atoms with Gasteiger partial charge < -0.3 is 10.3 Å². The van der Waals surface area contributed by atoms with Gasteiger partial charge in [0.15, 0.2) is 5.84 Å². The van der Waals surface area contributed by atoms with E-state index in [9.17, 15) is 0 Å². The standard InChI is InChI=1S/C40H30N4.C7H8/c1-3-26-24-35(36(25-27(26)4-2)40(42)43-39(41)30-13-6-5-7-14-30)29-18-21-31(22-19-29)44-37-17-11-10-16-33(37)34-23-20-28-12-8-9-15-32(28)38(34)44;1-7-5-3-2-4-6-7/h3-25H,1-2H2,(H3,41,42,43);2-6H,1H3. The zero-order chi connectivity index (χ0) is 35.3. The first-order valence-electron chi connectivity index (χ1n) is 16.9. The quantitative estimate of drug-likeness (QED) is 0.135. The largest absolute Gasteiger partial charge is 0.383 e. The summed E-state index contributed by atoms with van der Waals surface area (Å²) in [5.41, 5.74) is 16.1. The molecule has 0 aliphatic carbocycles. The molecule has 1 heterocycles. The molecule has 0 unspecified atom stereocenters. The molecular weight excluding hydrogens is 621 g/mol. The number of nitrogens with zero attached hydrogens (tertiary/aromatic N) is 2. The van der Waals surface area contributed by atoms with Gasteiger partial charge in [-0.25, -0.2) is 4.99 Å². The van der Waals surface area contributed by atoms with E-state index in [4.69, 9.17) is 11.1 Å². The number of fused-ring (bicyclic) bond motifs is 5. The van der Waals surface area contributed by atoms with Crippen molar-refractivity contribution in [1.29, 1.82) is 5.41 Å². The third-order valence-electron chi connectivity index (χ3n) is 9.16. The highest BCUT2D eigenvalue weighted by Gasteiger charge is 2.17. The molecule has 246 valence electrons. The Kier molecular flexibility index (Phi) is 9.23. The summed E-state index contributed by atoms with van der Waals surface area (Å²) in [7, 11) is 0. The van der Waals surface area contributed by atoms with Crippen molar-refractivity contribution in [3.8, 4) is 16.8 Å². The van der Waals surface area contributed by atoms with E-state index in [1.165, 1.54) is 32.6 Å². The molecule has 51 heavy (non-hydrogen) atoms. The lowest BCUT2D eigenvalue weighted by molar-refractivity contribution is 1.19. The number of hydrogen-bond acceptors (Lipinski definition) is 1. The second-order valence-electron chi connectivity index (χ2n) is 12.4. The number of para-hydroxylation sites is 1. The van der Waals surface area contributed by atoms with Gasteiger partial charge in [0, 0.05) is 33.0 Å². The maximum absolute atomic E-state index is 8.98. The third-order valence-corrected chi connectivity index (χ3v) is 9.16. The van der Waals surface area contributed by atoms with Gasteiger partial charge >= 0.3 is 0 Å². The number of aliphatic imine (C=N–C) groups is 1. The number of rotatable bonds is 6. The van der Waals surface area contributed by atoms with E-state index < -0.39 is 0 Å². The Morgan fingerprint density at radius 3 is 1.92 bits per heavy atom. The van der Waals surface area contributed by atoms with Gasteiger partial charge in [-0.3, -0.25) is 5.41 Å². The molecule has 0 saturated heterocycles. The van der Waals surface area contributed by atoms with Crippen molar-refractivity contribution in [2.45, 2.75) is 6.92 Å². The average molecular weight is 659 g/mol. The highest BCUT2D eigenvalue weighted by atomic mass is 15.0. The number of aryl methyl sites for hydroxylation is 1. The van der Waals surface area contributed by atoms with Gasteiger partial charge in [-0.2, -0.15) is 0 Å². The number of aromatic nitrogens is 1. The molecule has 8 rings (SSSR count). The van der Waals surface area contributed by atoms with Gasteiger partial charge in [-0.05, 0) is 64.9 Å². The molecule has 0 fully saturated rings. The van der Waals surface area contributed by atoms with E-state index in [1.807, 2.05) is 66.7 Å². The van der Waals surface area contributed by atoms with Crippen LogP contribution in [0.4, 0.5) is 0 Å². The van der Waals surface area contributed by atoms with Gasteiger partial charge in [0.05, 0.1) is 11.0 Å². The van der Waals surface area contributed by atoms with Crippen LogP contribution in [0, 0.1) is 12.3 Å². The fraction of sp³-hybridized carbons (Fsp3) is 0.0213. The molecule has 0 spiro atoms. The van der Waals surface area contributed by atoms with E-state index in [1.54, 1.807) is 6.08 Å². The summed E-state index contributed by atoms with van der Waals surface area (Å²) in [5.74, 6) is 0.376. The summed E-state index contributed by atoms with van der Waals surface area (Å²) in [6.45, 7) is 10.1. The van der Waals surface area contributed by atoms with Gasteiger partial charge in [0.25, 0.3) is 0 Å². The van der Waals surface area contributed by atoms with E-state index in [2.05, 4.69) is 127 Å². The molecule has 0 aliphatic rings. The first-order chi connectivity index (χ1) is 25.0. The minimum absolute atomic E-state index is 0.0815. The maximum atomic E-state index is 8.98. The molecule has 3 N–H and O–H groups in total. The first-order valence-corrected chi connectivity index (χ1v) is 16.9. The smallest absolute Gasteiger partial charge is 0.154 e. The fourth-order valence-electron chi connectivity index (χ4n) is 6.60. The Morgan fingerprint density at radius 1 is 0.647 bits per heavy atom. The van der Waals surface area contributed by atoms with Crippen LogP contribution in [-0.4, -0.2) is 16.2 Å². The monoisotopic (exact) mass is 658 g/mol. The third kappa shape index (κ3) is 6.51. The Labute approximate surface area is 298 Å². The minimum atomic E-state index is 0.0815. The number of hydrogen-bond donors (Lipinski definition) is 2. The molecule has 4 heteroatoms. The summed E-state index contributed by atoms with van der Waals surface area (Å²) in [4.78, 5) is 4.50. The normalized spacial score (nSPS) is 11.3. The van der Waals surface area contributed by atoms with Gasteiger partial charge in [-0.15, -0.1) is 0 Å². The molecule has 1 aromatic heterocycles. The Hall–Kier alpha value is -6.78. The van der Waals surface area contributed by atoms with Gasteiger partial charge in [0.1, 0.15) is 5.84 Å². The molecule has 0 amide bonds. The van der Waals surface area contributed by atoms with Crippen LogP contribution in [-0.2, 0) is 0 Å². The maximum Gasteiger partial charge on any atom is 0.154 e. The van der Waals surface area contributed by atoms with Crippen molar-refractivity contribution in [3.05, 3.63) is 199 Å². The summed E-state index contributed by atoms with van der Waals surface area (Å²) in [6.07, 6.45) is 3.59. The molecule has 0 saturated carbocycles. The second kappa shape index (κ2) is 14.4. The molecule has 0 bridgehead atoms. The second-order valence-corrected chi connectivity index (χ2v) is 12.4. The molecule has 8 aromatic rings. The first kappa shape index (κ1) is 32.8. The molecule has 4 nitrogen and oxygen atoms in total. The number of benzene rings is 7. The number of amidine groups is 2. The molecule has 0 atom stereocenters. The van der Waals surface area contributed by atoms with Gasteiger partial charge in [-0.1, -0.05) is 158 Å². The zero-order valence-corrected chi connectivity index (χ0v) is 28.6. The van der Waals surface area contributed by atoms with Crippen LogP contribution in [0.2, 0.25) is 0 Å². The number of nitrogens with one attached hydrogen (secondary N) is 1. The summed E-state index contributed by atoms with van der Waals surface area (Å²) < 4.78 is 2.35. The summed E-state index contributed by atoms with van der Waals surface area (Å²) in [5, 5.41) is 13.8. The molecule has 7 aromatic carbocycles. The lowest BCUT2D eigenvalue weighted by Gasteiger charge is -2.15. The van der Waals surface area contributed by atoms with Crippen molar-refractivity contribution in [3.63, 3.8) is 0 Å². The Bertz CT molecular complexity index is 2570. The minimum Gasteiger partial charge on any atom is -0.383 e. The van der Waals surface area contributed by atoms with E-state index in [0.717, 1.165) is 39.0 Å². The average Bonchev–Trinajstić information content (AvgIpc) is 3.53. The van der Waals surface area contributed by atoms with Crippen LogP contribution in [0.25, 0.3) is 61.5 Å². The molecular formula is C47H38N4. The highest BCUT2D eigenvalue weighted by Crippen LogP contribution is 2.37. The summed E-state index contributed by atoms with van der Waals surface area (Å²) >= 11 is 0. The highest BCUT2D eigenvalue weighted by molar-refractivity contribution is 6.18. The Morgan fingerprint density at radius 2 is 1.25 bits per heavy atom. The molecule has 0 aliphatic heterocycles. The van der Waals surface area contributed by atoms with E-state index in [-0.39, 0.29) is 5.84 Å². The van der Waals surface area contributed by atoms with Crippen LogP contribution < -0.4 is 5.73 Å². The van der Waals surface area contributed by atoms with Crippen molar-refractivity contribution >= 4 is 56.4 Å². The predicted molar refractivity (Wildman–Crippen MR) is 219 cm³/mol. The van der Waals surface area contributed by atoms with Crippen LogP contribution in [0.3, 0.4) is 0 Å². The SMILES string of the molecule is C=Cc1cc(C(=N)N=C(N)c2ccccc2)c(-c2ccc(-n3c4ccccc4c4ccc5ccccc5c43)cc2)cc1C=C.Cc1ccccc1. The molecule has 0 radical (unpaired) electrons. The summed E-state index contributed by atoms with van der Waals surface area (Å²) in [6, 6.07) is 53.8. The number of nitrogens with two attached hydrogens (primary N) is 1. The van der Waals surface area contributed by atoms with Crippen molar-refractivity contribution in [1.82, 2.24) is 4.57 Å². The van der Waals surface area contributed by atoms with Gasteiger partial charge in [0.2, 0.25) is 0 Å². The fourth-order valence-corrected chi connectivity index (χ4v) is 6.60. The van der Waals surface area contributed by atoms with Crippen LogP contribution in [0.1, 0.15) is 27.8 Å².